The van der Waals surface area contributed by atoms with E-state index in [-0.39, 0.29) is 0 Å². The Kier molecular flexibility index (Phi) is 17.0. The van der Waals surface area contributed by atoms with Gasteiger partial charge in [-0.3, -0.25) is 0 Å². The zero-order valence-corrected chi connectivity index (χ0v) is 68.8. The number of benzene rings is 23. The molecule has 0 N–H and O–H groups in total. The average Bonchev–Trinajstić information content (AvgIpc) is 1.57. The molecule has 0 spiro atoms. The summed E-state index contributed by atoms with van der Waals surface area (Å²) in [4.78, 5) is 5.01. The van der Waals surface area contributed by atoms with Crippen LogP contribution in [0.15, 0.2) is 473 Å². The van der Waals surface area contributed by atoms with Crippen molar-refractivity contribution in [1.82, 2.24) is 9.13 Å². The predicted molar refractivity (Wildman–Crippen MR) is 537 cm³/mol. The molecule has 2 aromatic heterocycles. The molecule has 0 saturated carbocycles. The Bertz CT molecular complexity index is 8720. The molecule has 25 aromatic rings. The molecular weight excluding hydrogens is 1520 g/mol. The first-order valence-corrected chi connectivity index (χ1v) is 43.5. The smallest absolute Gasteiger partial charge is 0.0547 e. The molecule has 126 heavy (non-hydrogen) atoms. The summed E-state index contributed by atoms with van der Waals surface area (Å²) in [5.41, 5.74) is 27.0. The lowest BCUT2D eigenvalue weighted by atomic mass is 9.92. The van der Waals surface area contributed by atoms with Gasteiger partial charge in [0, 0.05) is 66.4 Å². The minimum atomic E-state index is 1.04. The van der Waals surface area contributed by atoms with Crippen molar-refractivity contribution in [2.24, 2.45) is 0 Å². The van der Waals surface area contributed by atoms with Crippen molar-refractivity contribution in [2.45, 2.75) is 0 Å². The first kappa shape index (κ1) is 72.2. The van der Waals surface area contributed by atoms with Gasteiger partial charge in [-0.05, 0) is 276 Å². The molecule has 0 fully saturated rings. The third kappa shape index (κ3) is 11.9. The molecular formula is C122H78N4. The van der Waals surface area contributed by atoms with Crippen molar-refractivity contribution in [2.75, 3.05) is 9.80 Å². The van der Waals surface area contributed by atoms with Crippen LogP contribution in [0, 0.1) is 0 Å². The molecule has 0 amide bonds. The normalized spacial score (nSPS) is 11.8. The fourth-order valence-corrected chi connectivity index (χ4v) is 20.7. The van der Waals surface area contributed by atoms with Crippen molar-refractivity contribution in [3.8, 4) is 78.1 Å². The van der Waals surface area contributed by atoms with Crippen LogP contribution in [-0.2, 0) is 0 Å². The fraction of sp³-hybridized carbons (Fsp3) is 0. The first-order valence-electron chi connectivity index (χ1n) is 43.5. The molecule has 2 heterocycles. The molecule has 0 aliphatic rings. The number of nitrogens with zero attached hydrogens (tertiary/aromatic N) is 4. The minimum absolute atomic E-state index is 1.04. The Morgan fingerprint density at radius 3 is 1.04 bits per heavy atom. The number of aromatic nitrogens is 2. The number of hydrogen-bond acceptors (Lipinski definition) is 2. The molecule has 586 valence electrons. The first-order chi connectivity index (χ1) is 62.5. The summed E-state index contributed by atoms with van der Waals surface area (Å²) in [6.45, 7) is 0. The SMILES string of the molecule is c1ccc(-c2cc(-c3cccc(-c4ccc5c(ccc6c5c5c(-c7cccc(N(c8ccc(-c9cc%10ccccc%10c%10ccccc9%10)cc8)c8cc9ccccc9c9ccccc89)c7)cccc5n6-c5ccccc5)c4)c3)cc(N(c3cccc(-c4cccc5c4c4c6ccccc6ccc4n5-c4ccccc4)c3)c3cc4ccccc4c4ccccc34)c2)cc1. The van der Waals surface area contributed by atoms with Gasteiger partial charge in [-0.15, -0.1) is 0 Å². The summed E-state index contributed by atoms with van der Waals surface area (Å²) in [5, 5.41) is 24.2. The Labute approximate surface area is 729 Å². The van der Waals surface area contributed by atoms with E-state index in [0.29, 0.717) is 0 Å². The van der Waals surface area contributed by atoms with Crippen molar-refractivity contribution >= 4 is 164 Å². The lowest BCUT2D eigenvalue weighted by molar-refractivity contribution is 1.18. The second kappa shape index (κ2) is 29.6. The van der Waals surface area contributed by atoms with Crippen molar-refractivity contribution < 1.29 is 0 Å². The molecule has 0 aliphatic carbocycles. The highest BCUT2D eigenvalue weighted by Gasteiger charge is 2.27. The van der Waals surface area contributed by atoms with Gasteiger partial charge in [0.25, 0.3) is 0 Å². The Balaban J connectivity index is 0.638. The van der Waals surface area contributed by atoms with Crippen LogP contribution in [0.2, 0.25) is 0 Å². The van der Waals surface area contributed by atoms with Crippen LogP contribution < -0.4 is 9.80 Å². The lowest BCUT2D eigenvalue weighted by Crippen LogP contribution is -2.11. The Morgan fingerprint density at radius 1 is 0.143 bits per heavy atom. The van der Waals surface area contributed by atoms with E-state index in [9.17, 15) is 0 Å². The number of anilines is 6. The number of hydrogen-bond donors (Lipinski definition) is 0. The lowest BCUT2D eigenvalue weighted by Gasteiger charge is -2.29. The van der Waals surface area contributed by atoms with Crippen LogP contribution in [0.5, 0.6) is 0 Å². The maximum atomic E-state index is 2.53. The van der Waals surface area contributed by atoms with Crippen molar-refractivity contribution in [3.63, 3.8) is 0 Å². The van der Waals surface area contributed by atoms with Gasteiger partial charge >= 0.3 is 0 Å². The maximum absolute atomic E-state index is 2.53. The predicted octanol–water partition coefficient (Wildman–Crippen LogP) is 34.0. The third-order valence-corrected chi connectivity index (χ3v) is 26.3. The van der Waals surface area contributed by atoms with E-state index < -0.39 is 0 Å². The topological polar surface area (TPSA) is 16.3 Å². The van der Waals surface area contributed by atoms with E-state index in [0.717, 1.165) is 123 Å². The van der Waals surface area contributed by atoms with E-state index in [2.05, 4.69) is 492 Å². The van der Waals surface area contributed by atoms with E-state index >= 15 is 0 Å². The molecule has 23 aromatic carbocycles. The summed E-state index contributed by atoms with van der Waals surface area (Å²) in [6.07, 6.45) is 0. The molecule has 0 aliphatic heterocycles. The molecule has 0 bridgehead atoms. The Morgan fingerprint density at radius 2 is 0.492 bits per heavy atom. The quantitative estimate of drug-likeness (QED) is 0.101. The molecule has 4 heteroatoms. The van der Waals surface area contributed by atoms with Gasteiger partial charge in [0.1, 0.15) is 0 Å². The van der Waals surface area contributed by atoms with Crippen LogP contribution in [0.3, 0.4) is 0 Å². The number of para-hydroxylation sites is 2. The highest BCUT2D eigenvalue weighted by atomic mass is 15.2. The van der Waals surface area contributed by atoms with Crippen LogP contribution in [-0.4, -0.2) is 9.13 Å². The summed E-state index contributed by atoms with van der Waals surface area (Å²) < 4.78 is 4.91. The summed E-state index contributed by atoms with van der Waals surface area (Å²) in [5.74, 6) is 0. The van der Waals surface area contributed by atoms with Gasteiger partial charge in [0.05, 0.1) is 33.4 Å². The van der Waals surface area contributed by atoms with E-state index in [1.807, 2.05) is 0 Å². The molecule has 4 nitrogen and oxygen atoms in total. The molecule has 0 atom stereocenters. The largest absolute Gasteiger partial charge is 0.310 e. The van der Waals surface area contributed by atoms with Crippen molar-refractivity contribution in [1.29, 1.82) is 0 Å². The fourth-order valence-electron chi connectivity index (χ4n) is 20.7. The van der Waals surface area contributed by atoms with Crippen LogP contribution in [0.4, 0.5) is 34.1 Å². The highest BCUT2D eigenvalue weighted by molar-refractivity contribution is 6.28. The van der Waals surface area contributed by atoms with Crippen LogP contribution in [0.25, 0.3) is 208 Å². The van der Waals surface area contributed by atoms with E-state index in [1.54, 1.807) is 0 Å². The maximum Gasteiger partial charge on any atom is 0.0547 e. The monoisotopic (exact) mass is 1600 g/mol. The molecule has 0 saturated heterocycles. The van der Waals surface area contributed by atoms with Gasteiger partial charge in [-0.25, -0.2) is 0 Å². The summed E-state index contributed by atoms with van der Waals surface area (Å²) >= 11 is 0. The van der Waals surface area contributed by atoms with Gasteiger partial charge in [0.2, 0.25) is 0 Å². The zero-order chi connectivity index (χ0) is 82.9. The number of rotatable bonds is 14. The third-order valence-electron chi connectivity index (χ3n) is 26.3. The van der Waals surface area contributed by atoms with E-state index in [4.69, 9.17) is 0 Å². The van der Waals surface area contributed by atoms with Gasteiger partial charge in [-0.2, -0.15) is 0 Å². The van der Waals surface area contributed by atoms with Gasteiger partial charge in [-0.1, -0.05) is 340 Å². The highest BCUT2D eigenvalue weighted by Crippen LogP contribution is 2.52. The van der Waals surface area contributed by atoms with Crippen LogP contribution in [0.1, 0.15) is 0 Å². The summed E-state index contributed by atoms with van der Waals surface area (Å²) in [7, 11) is 0. The number of fused-ring (bicyclic) bond motifs is 19. The van der Waals surface area contributed by atoms with Crippen LogP contribution >= 0.6 is 0 Å². The second-order valence-corrected chi connectivity index (χ2v) is 33.4. The molecule has 0 unspecified atom stereocenters. The van der Waals surface area contributed by atoms with Crippen molar-refractivity contribution in [3.05, 3.63) is 473 Å². The van der Waals surface area contributed by atoms with E-state index in [1.165, 1.54) is 119 Å². The minimum Gasteiger partial charge on any atom is -0.310 e. The van der Waals surface area contributed by atoms with Gasteiger partial charge < -0.3 is 18.9 Å². The zero-order valence-electron chi connectivity index (χ0n) is 68.8. The van der Waals surface area contributed by atoms with Gasteiger partial charge in [0.15, 0.2) is 0 Å². The summed E-state index contributed by atoms with van der Waals surface area (Å²) in [6, 6.07) is 176. The average molecular weight is 1600 g/mol. The molecule has 0 radical (unpaired) electrons. The standard InChI is InChI=1S/C122H78N4/c1-4-29-79(30-5-1)91-71-92(75-98(74-91)124(118-78-89-34-13-16-47-101(89)108-51-21-23-54-111(108)118)97-44-26-38-86(73-97)103-55-27-57-113-120(103)119-102-48-17-10-31-80(102)62-67-115(119)125(113)93-39-6-2-7-40-93)83-36-24-35-82(69-83)84-61-66-105-90(70-84)63-68-116-122(105)121-104(56-28-58-114(121)126(116)94-41-8-3-9-42-94)85-37-25-43-96(72-85)123(117-77-88-33-12-15-46-100(88)107-50-20-22-53-110(107)117)95-64-59-81(60-65-95)112-76-87-32-11-14-45-99(87)106-49-18-19-52-109(106)112/h1-78H. The second-order valence-electron chi connectivity index (χ2n) is 33.4. The molecule has 25 rings (SSSR count). The Hall–Kier alpha value is -16.7.